The van der Waals surface area contributed by atoms with Crippen LogP contribution in [0, 0.1) is 138 Å². The molecule has 0 N–H and O–H groups in total. The Balaban J connectivity index is 0.000000172. The van der Waals surface area contributed by atoms with Gasteiger partial charge in [-0.1, -0.05) is 282 Å². The molecule has 0 aliphatic heterocycles. The largest absolute Gasteiger partial charge is 0.0625 e. The van der Waals surface area contributed by atoms with Crippen molar-refractivity contribution in [2.45, 2.75) is 378 Å². The SMILES string of the molecule is CC1C(C)(C)C(C)(C)C(C)(C)C(C)(C)C1(C)C.CC1C2CC3CC(C2)CC1C3.CC1CC2CCC1C2.CC1CC2CCC1C2(C)C.CC1CCC(C)(C)CC1.CC1CCCC(C)(C)C1.CC1CCCCCC1.CC1CCCCCCC1. The minimum absolute atomic E-state index is 0.319. The van der Waals surface area contributed by atoms with Crippen LogP contribution in [0.2, 0.25) is 0 Å². The predicted octanol–water partition coefficient (Wildman–Crippen LogP) is 27.2. The Morgan fingerprint density at radius 1 is 0.284 bits per heavy atom. The van der Waals surface area contributed by atoms with E-state index in [1.165, 1.54) is 154 Å². The van der Waals surface area contributed by atoms with Crippen molar-refractivity contribution in [2.24, 2.45) is 138 Å². The first kappa shape index (κ1) is 71.8. The van der Waals surface area contributed by atoms with Crippen LogP contribution in [0.3, 0.4) is 0 Å². The first-order valence-electron chi connectivity index (χ1n) is 37.5. The number of hydrogen-bond acceptors (Lipinski definition) is 0. The van der Waals surface area contributed by atoms with E-state index in [-0.39, 0.29) is 0 Å². The first-order chi connectivity index (χ1) is 37.5. The lowest BCUT2D eigenvalue weighted by molar-refractivity contribution is -0.242. The summed E-state index contributed by atoms with van der Waals surface area (Å²) < 4.78 is 0. The van der Waals surface area contributed by atoms with Crippen molar-refractivity contribution in [1.29, 1.82) is 0 Å². The van der Waals surface area contributed by atoms with Crippen LogP contribution in [0.15, 0.2) is 0 Å². The van der Waals surface area contributed by atoms with Crippen molar-refractivity contribution in [3.05, 3.63) is 0 Å². The van der Waals surface area contributed by atoms with Gasteiger partial charge in [0.1, 0.15) is 0 Å². The Hall–Kier alpha value is 0. The van der Waals surface area contributed by atoms with Crippen molar-refractivity contribution < 1.29 is 0 Å². The van der Waals surface area contributed by atoms with Crippen molar-refractivity contribution in [3.8, 4) is 0 Å². The van der Waals surface area contributed by atoms with E-state index in [2.05, 4.69) is 166 Å². The van der Waals surface area contributed by atoms with Gasteiger partial charge in [0.15, 0.2) is 0 Å². The molecule has 13 saturated carbocycles. The highest BCUT2D eigenvalue weighted by Gasteiger charge is 2.67. The third-order valence-corrected chi connectivity index (χ3v) is 30.1. The lowest BCUT2D eigenvalue weighted by Gasteiger charge is -2.72. The molecule has 8 bridgehead atoms. The Labute approximate surface area is 513 Å². The van der Waals surface area contributed by atoms with Gasteiger partial charge in [0, 0.05) is 0 Å². The molecule has 0 spiro atoms. The van der Waals surface area contributed by atoms with Crippen molar-refractivity contribution in [2.75, 3.05) is 0 Å². The normalized spacial score (nSPS) is 38.8. The molecule has 478 valence electrons. The Morgan fingerprint density at radius 3 is 1.00 bits per heavy atom. The minimum Gasteiger partial charge on any atom is -0.0625 e. The third-order valence-electron chi connectivity index (χ3n) is 30.1. The van der Waals surface area contributed by atoms with Gasteiger partial charge in [-0.15, -0.1) is 0 Å². The molecule has 0 nitrogen and oxygen atoms in total. The molecular weight excluding hydrogens is 973 g/mol. The fourth-order valence-corrected chi connectivity index (χ4v) is 21.4. The smallest absolute Gasteiger partial charge is 0.0241 e. The predicted molar refractivity (Wildman–Crippen MR) is 364 cm³/mol. The maximum Gasteiger partial charge on any atom is -0.0241 e. The second kappa shape index (κ2) is 30.0. The molecule has 13 fully saturated rings. The van der Waals surface area contributed by atoms with Gasteiger partial charge >= 0.3 is 0 Å². The zero-order valence-corrected chi connectivity index (χ0v) is 60.6. The van der Waals surface area contributed by atoms with Crippen LogP contribution in [-0.4, -0.2) is 0 Å². The van der Waals surface area contributed by atoms with Crippen LogP contribution in [0.1, 0.15) is 378 Å². The minimum atomic E-state index is 0.319. The Morgan fingerprint density at radius 2 is 0.704 bits per heavy atom. The average molecular weight is 1130 g/mol. The summed E-state index contributed by atoms with van der Waals surface area (Å²) in [5.41, 5.74) is 3.70. The molecule has 0 heteroatoms. The number of fused-ring (bicyclic) bond motifs is 4. The van der Waals surface area contributed by atoms with Crippen LogP contribution >= 0.6 is 0 Å². The highest BCUT2D eigenvalue weighted by atomic mass is 14.7. The summed E-state index contributed by atoms with van der Waals surface area (Å²) in [5.74, 6) is 16.9. The summed E-state index contributed by atoms with van der Waals surface area (Å²) in [6, 6.07) is 0. The highest BCUT2D eigenvalue weighted by molar-refractivity contribution is 5.15. The summed E-state index contributed by atoms with van der Waals surface area (Å²) in [6.45, 7) is 58.6. The van der Waals surface area contributed by atoms with Gasteiger partial charge in [0.25, 0.3) is 0 Å². The molecule has 7 unspecified atom stereocenters. The molecule has 7 atom stereocenters. The monoisotopic (exact) mass is 1130 g/mol. The van der Waals surface area contributed by atoms with E-state index < -0.39 is 0 Å². The summed E-state index contributed by atoms with van der Waals surface area (Å²) in [7, 11) is 0. The van der Waals surface area contributed by atoms with Crippen LogP contribution < -0.4 is 0 Å². The fourth-order valence-electron chi connectivity index (χ4n) is 21.4. The average Bonchev–Trinajstić information content (AvgIpc) is 4.26. The zero-order chi connectivity index (χ0) is 60.6. The maximum atomic E-state index is 2.51. The van der Waals surface area contributed by atoms with Crippen LogP contribution in [0.4, 0.5) is 0 Å². The van der Waals surface area contributed by atoms with Crippen LogP contribution in [-0.2, 0) is 0 Å². The molecular formula is C81H154. The van der Waals surface area contributed by atoms with Crippen molar-refractivity contribution in [1.82, 2.24) is 0 Å². The second-order valence-corrected chi connectivity index (χ2v) is 38.2. The summed E-state index contributed by atoms with van der Waals surface area (Å²) in [5, 5.41) is 0. The van der Waals surface area contributed by atoms with E-state index in [0.29, 0.717) is 49.2 Å². The zero-order valence-electron chi connectivity index (χ0n) is 60.6. The summed E-state index contributed by atoms with van der Waals surface area (Å²) in [6.07, 6.45) is 49.6. The van der Waals surface area contributed by atoms with Crippen LogP contribution in [0.5, 0.6) is 0 Å². The fraction of sp³-hybridized carbons (Fsp3) is 1.00. The standard InChI is InChI=1S/C17H34.C11H18.C10H18.3C9H18.C8H14.C8H16/c1-12-13(2,3)15(6,7)17(10,11)16(8,9)14(12,4)5;1-7-10-3-8-2-9(5-10)6-11(7)4-8;1-7-6-8-4-5-9(7)10(8,2)3;1-8-4-6-9(2,3)7-5-8;1-8-5-4-6-9(2,3)7-8;1-9-7-5-3-2-4-6-8-9;1-6-4-7-2-3-8(6)5-7;1-8-6-4-2-3-5-7-8/h12H,1-11H3;7-11H,2-6H2,1H3;7-9H,4-6H2,1-3H3;2*8H,4-7H2,1-3H3;9H,2-8H2,1H3;6-8H,2-5H2,1H3;8H,2-7H2,1H3. The Kier molecular flexibility index (Phi) is 26.6. The lowest BCUT2D eigenvalue weighted by Crippen LogP contribution is -2.66. The molecule has 0 amide bonds. The number of hydrogen-bond donors (Lipinski definition) is 0. The summed E-state index contributed by atoms with van der Waals surface area (Å²) >= 11 is 0. The van der Waals surface area contributed by atoms with Gasteiger partial charge in [0.05, 0.1) is 0 Å². The van der Waals surface area contributed by atoms with Gasteiger partial charge in [-0.3, -0.25) is 0 Å². The lowest BCUT2D eigenvalue weighted by atomic mass is 9.32. The molecule has 0 radical (unpaired) electrons. The summed E-state index contributed by atoms with van der Waals surface area (Å²) in [4.78, 5) is 0. The van der Waals surface area contributed by atoms with E-state index in [9.17, 15) is 0 Å². The number of rotatable bonds is 0. The third kappa shape index (κ3) is 18.8. The quantitative estimate of drug-likeness (QED) is 0.212. The topological polar surface area (TPSA) is 0 Å². The molecule has 0 saturated heterocycles. The molecule has 0 heterocycles. The van der Waals surface area contributed by atoms with E-state index >= 15 is 0 Å². The van der Waals surface area contributed by atoms with Gasteiger partial charge in [-0.05, 0) is 234 Å². The van der Waals surface area contributed by atoms with E-state index in [1.54, 1.807) is 57.8 Å². The Bertz CT molecular complexity index is 1690. The molecule has 0 aromatic carbocycles. The van der Waals surface area contributed by atoms with E-state index in [1.807, 2.05) is 0 Å². The molecule has 0 aromatic rings. The van der Waals surface area contributed by atoms with Crippen molar-refractivity contribution in [3.63, 3.8) is 0 Å². The van der Waals surface area contributed by atoms with Gasteiger partial charge in [-0.25, -0.2) is 0 Å². The van der Waals surface area contributed by atoms with Gasteiger partial charge in [0.2, 0.25) is 0 Å². The highest BCUT2D eigenvalue weighted by Crippen LogP contribution is 2.74. The van der Waals surface area contributed by atoms with Crippen LogP contribution in [0.25, 0.3) is 0 Å². The van der Waals surface area contributed by atoms with Gasteiger partial charge < -0.3 is 0 Å². The van der Waals surface area contributed by atoms with Gasteiger partial charge in [-0.2, -0.15) is 0 Å². The van der Waals surface area contributed by atoms with E-state index in [4.69, 9.17) is 0 Å². The molecule has 13 aliphatic carbocycles. The van der Waals surface area contributed by atoms with E-state index in [0.717, 1.165) is 88.8 Å². The molecule has 0 aromatic heterocycles. The van der Waals surface area contributed by atoms with Crippen molar-refractivity contribution >= 4 is 0 Å². The maximum absolute atomic E-state index is 2.51. The molecule has 13 aliphatic rings. The second-order valence-electron chi connectivity index (χ2n) is 38.2. The first-order valence-corrected chi connectivity index (χ1v) is 37.5. The molecule has 81 heavy (non-hydrogen) atoms. The molecule has 13 rings (SSSR count).